The summed E-state index contributed by atoms with van der Waals surface area (Å²) in [5.41, 5.74) is 6.73. The molecule has 10 nitrogen and oxygen atoms in total. The summed E-state index contributed by atoms with van der Waals surface area (Å²) in [5, 5.41) is 24.4. The number of aliphatic carboxylic acids is 1. The highest BCUT2D eigenvalue weighted by Gasteiger charge is 2.33. The first-order valence-electron chi connectivity index (χ1n) is 14.5. The largest absolute Gasteiger partial charge is 0.480 e. The summed E-state index contributed by atoms with van der Waals surface area (Å²) in [6, 6.07) is 12.2. The molecule has 5 N–H and O–H groups in total. The van der Waals surface area contributed by atoms with Gasteiger partial charge >= 0.3 is 12.1 Å². The Morgan fingerprint density at radius 3 is 2.51 bits per heavy atom. The van der Waals surface area contributed by atoms with Gasteiger partial charge in [0.15, 0.2) is 0 Å². The maximum Gasteiger partial charge on any atom is 0.408 e. The van der Waals surface area contributed by atoms with Gasteiger partial charge in [-0.3, -0.25) is 14.6 Å². The number of carbonyl (C=O) groups is 3. The van der Waals surface area contributed by atoms with Gasteiger partial charge in [-0.25, -0.2) is 10.2 Å². The van der Waals surface area contributed by atoms with E-state index in [-0.39, 0.29) is 18.4 Å². The van der Waals surface area contributed by atoms with E-state index in [0.29, 0.717) is 19.4 Å². The Labute approximate surface area is 265 Å². The number of aliphatic hydroxyl groups is 1. The third kappa shape index (κ3) is 8.48. The summed E-state index contributed by atoms with van der Waals surface area (Å²) >= 11 is 2.31. The highest BCUT2D eigenvalue weighted by molar-refractivity contribution is 14.1. The predicted molar refractivity (Wildman–Crippen MR) is 173 cm³/mol. The molecule has 2 amide bonds. The van der Waals surface area contributed by atoms with Crippen LogP contribution in [0, 0.1) is 9.12 Å². The van der Waals surface area contributed by atoms with E-state index in [0.717, 1.165) is 43.3 Å². The van der Waals surface area contributed by atoms with Gasteiger partial charge in [0.2, 0.25) is 0 Å². The first-order valence-corrected chi connectivity index (χ1v) is 15.5. The van der Waals surface area contributed by atoms with Crippen LogP contribution in [-0.4, -0.2) is 69.0 Å². The minimum Gasteiger partial charge on any atom is -0.480 e. The summed E-state index contributed by atoms with van der Waals surface area (Å²) in [6.45, 7) is 9.73. The molecule has 1 saturated heterocycles. The number of hydrazine groups is 1. The van der Waals surface area contributed by atoms with Gasteiger partial charge in [0.25, 0.3) is 5.91 Å². The number of carboxylic acids is 1. The molecule has 43 heavy (non-hydrogen) atoms. The van der Waals surface area contributed by atoms with Crippen molar-refractivity contribution in [3.05, 3.63) is 57.3 Å². The second-order valence-electron chi connectivity index (χ2n) is 12.9. The number of nitrogens with one attached hydrogen (secondary N) is 3. The number of carbonyl (C=O) groups excluding carboxylic acids is 2. The molecule has 0 aliphatic carbocycles. The van der Waals surface area contributed by atoms with Crippen LogP contribution in [0.2, 0.25) is 0 Å². The van der Waals surface area contributed by atoms with Crippen molar-refractivity contribution in [1.82, 2.24) is 20.7 Å². The monoisotopic (exact) mass is 704 g/mol. The van der Waals surface area contributed by atoms with Gasteiger partial charge in [0.1, 0.15) is 17.7 Å². The van der Waals surface area contributed by atoms with Crippen molar-refractivity contribution in [2.24, 2.45) is 5.41 Å². The minimum atomic E-state index is -1.03. The van der Waals surface area contributed by atoms with Crippen LogP contribution in [0.15, 0.2) is 42.5 Å². The molecule has 1 fully saturated rings. The number of rotatable bonds is 9. The number of amides is 2. The van der Waals surface area contributed by atoms with E-state index in [1.165, 1.54) is 5.01 Å². The number of aromatic amines is 1. The van der Waals surface area contributed by atoms with Crippen molar-refractivity contribution in [3.8, 4) is 11.1 Å². The molecule has 232 valence electrons. The van der Waals surface area contributed by atoms with Crippen LogP contribution < -0.4 is 10.7 Å². The van der Waals surface area contributed by atoms with Gasteiger partial charge in [-0.2, -0.15) is 0 Å². The number of hydrogen-bond acceptors (Lipinski definition) is 6. The number of aromatic nitrogens is 1. The minimum absolute atomic E-state index is 0.0820. The third-order valence-electron chi connectivity index (χ3n) is 7.38. The number of benzene rings is 2. The Kier molecular flexibility index (Phi) is 10.1. The quantitative estimate of drug-likeness (QED) is 0.197. The Hall–Kier alpha value is -3.16. The maximum absolute atomic E-state index is 13.6. The van der Waals surface area contributed by atoms with Crippen LogP contribution in [0.1, 0.15) is 58.6 Å². The topological polar surface area (TPSA) is 144 Å². The molecule has 0 spiro atoms. The van der Waals surface area contributed by atoms with Crippen molar-refractivity contribution < 1.29 is 29.3 Å². The van der Waals surface area contributed by atoms with Crippen LogP contribution in [0.3, 0.4) is 0 Å². The van der Waals surface area contributed by atoms with Crippen LogP contribution in [-0.2, 0) is 27.2 Å². The zero-order valence-corrected chi connectivity index (χ0v) is 27.4. The second kappa shape index (κ2) is 13.2. The third-order valence-corrected chi connectivity index (χ3v) is 8.30. The van der Waals surface area contributed by atoms with Gasteiger partial charge < -0.3 is 25.3 Å². The Balaban J connectivity index is 1.62. The zero-order valence-electron chi connectivity index (χ0n) is 25.3. The molecule has 2 heterocycles. The number of hydrogen-bond donors (Lipinski definition) is 5. The van der Waals surface area contributed by atoms with Crippen LogP contribution in [0.4, 0.5) is 4.79 Å². The summed E-state index contributed by atoms with van der Waals surface area (Å²) in [7, 11) is 0. The van der Waals surface area contributed by atoms with Gasteiger partial charge in [0, 0.05) is 30.5 Å². The number of alkyl carbamates (subject to hydrolysis) is 1. The number of H-pyrrole nitrogens is 1. The normalized spacial score (nSPS) is 16.6. The van der Waals surface area contributed by atoms with Crippen LogP contribution >= 0.6 is 22.6 Å². The Morgan fingerprint density at radius 2 is 1.84 bits per heavy atom. The fraction of sp³-hybridized carbons (Fsp3) is 0.469. The second-order valence-corrected chi connectivity index (χ2v) is 14.0. The molecule has 1 aromatic heterocycles. The lowest BCUT2D eigenvalue weighted by molar-refractivity contribution is -0.147. The van der Waals surface area contributed by atoms with Crippen molar-refractivity contribution >= 4 is 51.5 Å². The van der Waals surface area contributed by atoms with E-state index in [9.17, 15) is 24.6 Å². The van der Waals surface area contributed by atoms with Crippen LogP contribution in [0.25, 0.3) is 22.0 Å². The molecule has 0 radical (unpaired) electrons. The molecule has 0 saturated carbocycles. The molecule has 2 unspecified atom stereocenters. The molecule has 11 heteroatoms. The summed E-state index contributed by atoms with van der Waals surface area (Å²) < 4.78 is 6.49. The van der Waals surface area contributed by atoms with E-state index < -0.39 is 35.7 Å². The molecule has 1 aliphatic heterocycles. The van der Waals surface area contributed by atoms with E-state index in [1.54, 1.807) is 20.8 Å². The number of ether oxygens (including phenoxy) is 1. The average Bonchev–Trinajstić information content (AvgIpc) is 3.24. The van der Waals surface area contributed by atoms with Crippen LogP contribution in [0.5, 0.6) is 0 Å². The summed E-state index contributed by atoms with van der Waals surface area (Å²) in [6.07, 6.45) is 1.12. The van der Waals surface area contributed by atoms with Gasteiger partial charge in [-0.15, -0.1) is 0 Å². The lowest BCUT2D eigenvalue weighted by Crippen LogP contribution is -2.60. The molecule has 0 bridgehead atoms. The fourth-order valence-corrected chi connectivity index (χ4v) is 5.95. The van der Waals surface area contributed by atoms with Gasteiger partial charge in [-0.1, -0.05) is 44.2 Å². The fourth-order valence-electron chi connectivity index (χ4n) is 5.18. The zero-order chi connectivity index (χ0) is 31.5. The lowest BCUT2D eigenvalue weighted by Gasteiger charge is -2.34. The molecule has 3 aromatic rings. The first kappa shape index (κ1) is 32.7. The molecule has 2 aromatic carbocycles. The van der Waals surface area contributed by atoms with Gasteiger partial charge in [0.05, 0.1) is 3.70 Å². The number of carboxylic acid groups (broad SMARTS) is 1. The SMILES string of the molecule is CC(C)(CO)Cc1c(I)[nH]c2ccc(-c3cccc(CC(NC(=O)OC(C)(C)C)C(=O)N4CCCC(C(=O)O)N4)c3)cc12. The molecular formula is C32H41IN4O6. The summed E-state index contributed by atoms with van der Waals surface area (Å²) in [4.78, 5) is 41.4. The molecule has 2 atom stereocenters. The van der Waals surface area contributed by atoms with Crippen molar-refractivity contribution in [2.45, 2.75) is 78.0 Å². The number of nitrogens with zero attached hydrogens (tertiary/aromatic N) is 1. The molecule has 4 rings (SSSR count). The molecule has 1 aliphatic rings. The smallest absolute Gasteiger partial charge is 0.408 e. The van der Waals surface area contributed by atoms with Crippen molar-refractivity contribution in [1.29, 1.82) is 0 Å². The van der Waals surface area contributed by atoms with Crippen molar-refractivity contribution in [3.63, 3.8) is 0 Å². The molecular weight excluding hydrogens is 663 g/mol. The Morgan fingerprint density at radius 1 is 1.12 bits per heavy atom. The van der Waals surface area contributed by atoms with E-state index >= 15 is 0 Å². The maximum atomic E-state index is 13.6. The number of aliphatic hydroxyl groups excluding tert-OH is 1. The summed E-state index contributed by atoms with van der Waals surface area (Å²) in [5.74, 6) is -1.46. The lowest BCUT2D eigenvalue weighted by atomic mass is 9.86. The first-order chi connectivity index (χ1) is 20.2. The Bertz CT molecular complexity index is 1490. The average molecular weight is 705 g/mol. The standard InChI is InChI=1S/C32H41IN4O6/c1-31(2,3)43-30(42)35-26(28(39)37-13-7-10-25(36-37)29(40)41)15-19-8-6-9-20(14-19)21-11-12-24-22(16-21)23(27(33)34-24)17-32(4,5)18-38/h6,8-9,11-12,14,16,25-26,34,36,38H,7,10,13,15,17-18H2,1-5H3,(H,35,42)(H,40,41). The van der Waals surface area contributed by atoms with E-state index in [1.807, 2.05) is 50.2 Å². The number of fused-ring (bicyclic) bond motifs is 1. The van der Waals surface area contributed by atoms with Gasteiger partial charge in [-0.05, 0) is 102 Å². The predicted octanol–water partition coefficient (Wildman–Crippen LogP) is 5.02. The van der Waals surface area contributed by atoms with E-state index in [4.69, 9.17) is 4.74 Å². The highest BCUT2D eigenvalue weighted by Crippen LogP contribution is 2.33. The highest BCUT2D eigenvalue weighted by atomic mass is 127. The number of halogens is 1. The van der Waals surface area contributed by atoms with E-state index in [2.05, 4.69) is 44.4 Å². The van der Waals surface area contributed by atoms with Crippen molar-refractivity contribution in [2.75, 3.05) is 13.2 Å².